The zero-order chi connectivity index (χ0) is 22.9. The lowest BCUT2D eigenvalue weighted by atomic mass is 10.2. The third kappa shape index (κ3) is 7.28. The molecular formula is C25H32N4O4. The van der Waals surface area contributed by atoms with Gasteiger partial charge in [-0.15, -0.1) is 0 Å². The van der Waals surface area contributed by atoms with E-state index in [2.05, 4.69) is 32.8 Å². The van der Waals surface area contributed by atoms with Crippen LogP contribution in [0.25, 0.3) is 6.08 Å². The lowest BCUT2D eigenvalue weighted by Gasteiger charge is -2.21. The van der Waals surface area contributed by atoms with Crippen LogP contribution in [-0.2, 0) is 20.9 Å². The molecule has 2 aromatic rings. The van der Waals surface area contributed by atoms with E-state index < -0.39 is 0 Å². The lowest BCUT2D eigenvalue weighted by molar-refractivity contribution is -0.198. The molecule has 2 aliphatic rings. The topological polar surface area (TPSA) is 85.0 Å². The van der Waals surface area contributed by atoms with Gasteiger partial charge < -0.3 is 14.8 Å². The Bertz CT molecular complexity index is 911. The maximum absolute atomic E-state index is 11.9. The van der Waals surface area contributed by atoms with Crippen LogP contribution in [0, 0.1) is 0 Å². The Hall–Kier alpha value is -2.94. The third-order valence-electron chi connectivity index (χ3n) is 5.83. The Morgan fingerprint density at radius 1 is 1.21 bits per heavy atom. The molecule has 1 aromatic carbocycles. The van der Waals surface area contributed by atoms with E-state index in [1.54, 1.807) is 19.4 Å². The van der Waals surface area contributed by atoms with E-state index in [1.165, 1.54) is 11.6 Å². The van der Waals surface area contributed by atoms with Gasteiger partial charge in [-0.25, -0.2) is 15.3 Å². The first-order chi connectivity index (χ1) is 16.2. The minimum atomic E-state index is -0.356. The molecule has 2 fully saturated rings. The molecule has 1 unspecified atom stereocenters. The summed E-state index contributed by atoms with van der Waals surface area (Å²) in [5.41, 5.74) is 4.54. The summed E-state index contributed by atoms with van der Waals surface area (Å²) in [6.45, 7) is 3.62. The summed E-state index contributed by atoms with van der Waals surface area (Å²) >= 11 is 0. The SMILES string of the molecule is COc1ccc(CN2CC[C@@H](Nc3ccc(/C=C/C(=O)NOC4CCCCO4)cn3)C2)cc1. The first-order valence-electron chi connectivity index (χ1n) is 11.5. The average molecular weight is 453 g/mol. The number of anilines is 1. The highest BCUT2D eigenvalue weighted by Crippen LogP contribution is 2.19. The van der Waals surface area contributed by atoms with Gasteiger partial charge in [0.15, 0.2) is 6.29 Å². The van der Waals surface area contributed by atoms with E-state index >= 15 is 0 Å². The van der Waals surface area contributed by atoms with Crippen molar-refractivity contribution in [3.8, 4) is 5.75 Å². The standard InChI is InChI=1S/C25H32N4O4/c1-31-22-9-5-20(6-10-22)17-29-14-13-21(18-29)27-23-11-7-19(16-26-23)8-12-24(30)28-33-25-4-2-3-15-32-25/h5-12,16,21,25H,2-4,13-15,17-18H2,1H3,(H,26,27)(H,28,30)/b12-8+/t21-,25?/m1/s1. The molecule has 0 radical (unpaired) electrons. The number of ether oxygens (including phenoxy) is 2. The molecule has 3 heterocycles. The number of likely N-dealkylation sites (tertiary alicyclic amines) is 1. The van der Waals surface area contributed by atoms with Crippen molar-refractivity contribution in [3.05, 3.63) is 59.8 Å². The van der Waals surface area contributed by atoms with Gasteiger partial charge in [0.25, 0.3) is 5.91 Å². The smallest absolute Gasteiger partial charge is 0.267 e. The van der Waals surface area contributed by atoms with E-state index in [9.17, 15) is 4.79 Å². The second kappa shape index (κ2) is 11.8. The van der Waals surface area contributed by atoms with Crippen LogP contribution in [0.5, 0.6) is 5.75 Å². The number of aromatic nitrogens is 1. The molecule has 2 aliphatic heterocycles. The molecule has 2 saturated heterocycles. The van der Waals surface area contributed by atoms with Crippen LogP contribution in [0.2, 0.25) is 0 Å². The fourth-order valence-corrected chi connectivity index (χ4v) is 4.02. The minimum absolute atomic E-state index is 0.325. The van der Waals surface area contributed by atoms with Crippen molar-refractivity contribution in [3.63, 3.8) is 0 Å². The van der Waals surface area contributed by atoms with E-state index in [4.69, 9.17) is 14.3 Å². The van der Waals surface area contributed by atoms with Gasteiger partial charge >= 0.3 is 0 Å². The van der Waals surface area contributed by atoms with Gasteiger partial charge in [0.05, 0.1) is 7.11 Å². The second-order valence-electron chi connectivity index (χ2n) is 8.40. The molecule has 1 aromatic heterocycles. The van der Waals surface area contributed by atoms with Crippen molar-refractivity contribution < 1.29 is 19.1 Å². The van der Waals surface area contributed by atoms with Crippen molar-refractivity contribution >= 4 is 17.8 Å². The molecule has 2 N–H and O–H groups in total. The fraction of sp³-hybridized carbons (Fsp3) is 0.440. The molecule has 8 nitrogen and oxygen atoms in total. The highest BCUT2D eigenvalue weighted by molar-refractivity contribution is 5.90. The number of methoxy groups -OCH3 is 1. The quantitative estimate of drug-likeness (QED) is 0.446. The number of benzene rings is 1. The van der Waals surface area contributed by atoms with Crippen LogP contribution in [0.3, 0.4) is 0 Å². The molecule has 0 aliphatic carbocycles. The summed E-state index contributed by atoms with van der Waals surface area (Å²) in [7, 11) is 1.68. The third-order valence-corrected chi connectivity index (χ3v) is 5.83. The van der Waals surface area contributed by atoms with Gasteiger partial charge in [-0.1, -0.05) is 12.1 Å². The Balaban J connectivity index is 1.19. The van der Waals surface area contributed by atoms with Crippen LogP contribution in [0.4, 0.5) is 5.82 Å². The van der Waals surface area contributed by atoms with Crippen LogP contribution >= 0.6 is 0 Å². The van der Waals surface area contributed by atoms with Gasteiger partial charge in [-0.3, -0.25) is 9.69 Å². The van der Waals surface area contributed by atoms with Gasteiger partial charge in [-0.2, -0.15) is 0 Å². The summed E-state index contributed by atoms with van der Waals surface area (Å²) in [4.78, 5) is 24.1. The fourth-order valence-electron chi connectivity index (χ4n) is 4.02. The molecule has 0 bridgehead atoms. The predicted molar refractivity (Wildman–Crippen MR) is 126 cm³/mol. The first kappa shape index (κ1) is 23.2. The van der Waals surface area contributed by atoms with E-state index in [0.29, 0.717) is 12.6 Å². The molecule has 1 amide bonds. The number of hydrogen-bond acceptors (Lipinski definition) is 7. The Morgan fingerprint density at radius 2 is 2.09 bits per heavy atom. The van der Waals surface area contributed by atoms with Crippen molar-refractivity contribution in [1.82, 2.24) is 15.4 Å². The number of hydrogen-bond donors (Lipinski definition) is 2. The maximum atomic E-state index is 11.9. The first-order valence-corrected chi connectivity index (χ1v) is 11.5. The summed E-state index contributed by atoms with van der Waals surface area (Å²) in [5.74, 6) is 1.40. The van der Waals surface area contributed by atoms with Crippen molar-refractivity contribution in [1.29, 1.82) is 0 Å². The van der Waals surface area contributed by atoms with Crippen molar-refractivity contribution in [2.75, 3.05) is 32.1 Å². The molecule has 4 rings (SSSR count). The minimum Gasteiger partial charge on any atom is -0.497 e. The van der Waals surface area contributed by atoms with E-state index in [1.807, 2.05) is 24.3 Å². The van der Waals surface area contributed by atoms with Crippen molar-refractivity contribution in [2.45, 2.75) is 44.6 Å². The highest BCUT2D eigenvalue weighted by atomic mass is 16.8. The summed E-state index contributed by atoms with van der Waals surface area (Å²) in [6, 6.07) is 12.5. The Kier molecular flexibility index (Phi) is 8.30. The van der Waals surface area contributed by atoms with Gasteiger partial charge in [0.2, 0.25) is 0 Å². The van der Waals surface area contributed by atoms with Crippen LogP contribution in [0.15, 0.2) is 48.7 Å². The Morgan fingerprint density at radius 3 is 2.82 bits per heavy atom. The number of rotatable bonds is 9. The second-order valence-corrected chi connectivity index (χ2v) is 8.40. The largest absolute Gasteiger partial charge is 0.497 e. The molecular weight excluding hydrogens is 420 g/mol. The Labute approximate surface area is 194 Å². The molecule has 8 heteroatoms. The number of nitrogens with one attached hydrogen (secondary N) is 2. The lowest BCUT2D eigenvalue weighted by Crippen LogP contribution is -2.32. The molecule has 0 saturated carbocycles. The van der Waals surface area contributed by atoms with Crippen LogP contribution in [-0.4, -0.2) is 54.9 Å². The van der Waals surface area contributed by atoms with Crippen molar-refractivity contribution in [2.24, 2.45) is 0 Å². The molecule has 176 valence electrons. The zero-order valence-electron chi connectivity index (χ0n) is 19.0. The summed E-state index contributed by atoms with van der Waals surface area (Å²) in [5, 5.41) is 3.51. The number of nitrogens with zero attached hydrogens (tertiary/aromatic N) is 2. The number of carbonyl (C=O) groups excluding carboxylic acids is 1. The number of pyridine rings is 1. The maximum Gasteiger partial charge on any atom is 0.267 e. The average Bonchev–Trinajstić information content (AvgIpc) is 3.30. The van der Waals surface area contributed by atoms with Gasteiger partial charge in [-0.05, 0) is 60.7 Å². The number of carbonyl (C=O) groups is 1. The van der Waals surface area contributed by atoms with Gasteiger partial charge in [0.1, 0.15) is 11.6 Å². The summed E-state index contributed by atoms with van der Waals surface area (Å²) < 4.78 is 10.6. The van der Waals surface area contributed by atoms with Crippen LogP contribution < -0.4 is 15.5 Å². The molecule has 0 spiro atoms. The van der Waals surface area contributed by atoms with Gasteiger partial charge in [0, 0.05) is 51.0 Å². The molecule has 33 heavy (non-hydrogen) atoms. The molecule has 2 atom stereocenters. The number of hydroxylamine groups is 1. The summed E-state index contributed by atoms with van der Waals surface area (Å²) in [6.07, 6.45) is 8.49. The van der Waals surface area contributed by atoms with Crippen LogP contribution in [0.1, 0.15) is 36.8 Å². The normalized spacial score (nSPS) is 21.2. The van der Waals surface area contributed by atoms with E-state index in [0.717, 1.165) is 62.4 Å². The predicted octanol–water partition coefficient (Wildman–Crippen LogP) is 3.36. The highest BCUT2D eigenvalue weighted by Gasteiger charge is 2.22. The van der Waals surface area contributed by atoms with E-state index in [-0.39, 0.29) is 12.2 Å². The monoisotopic (exact) mass is 452 g/mol. The zero-order valence-corrected chi connectivity index (χ0v) is 19.0. The number of amides is 1.